The summed E-state index contributed by atoms with van der Waals surface area (Å²) in [6.07, 6.45) is 0.470. The lowest BCUT2D eigenvalue weighted by molar-refractivity contribution is -0.141. The zero-order chi connectivity index (χ0) is 11.1. The minimum atomic E-state index is -0.968. The van der Waals surface area contributed by atoms with Gasteiger partial charge in [0.05, 0.1) is 0 Å². The van der Waals surface area contributed by atoms with Gasteiger partial charge in [-0.2, -0.15) is 11.8 Å². The van der Waals surface area contributed by atoms with Crippen molar-refractivity contribution in [2.75, 3.05) is 5.75 Å². The van der Waals surface area contributed by atoms with Crippen molar-refractivity contribution in [1.29, 1.82) is 0 Å². The number of nitrogens with one attached hydrogen (secondary N) is 1. The van der Waals surface area contributed by atoms with E-state index in [1.807, 2.05) is 0 Å². The lowest BCUT2D eigenvalue weighted by Crippen LogP contribution is -2.39. The van der Waals surface area contributed by atoms with Crippen LogP contribution < -0.4 is 5.32 Å². The minimum Gasteiger partial charge on any atom is -0.480 e. The van der Waals surface area contributed by atoms with Gasteiger partial charge in [0, 0.05) is 6.92 Å². The highest BCUT2D eigenvalue weighted by Crippen LogP contribution is 2.11. The van der Waals surface area contributed by atoms with E-state index in [4.69, 9.17) is 5.11 Å². The van der Waals surface area contributed by atoms with Gasteiger partial charge in [-0.3, -0.25) is 4.79 Å². The topological polar surface area (TPSA) is 66.4 Å². The van der Waals surface area contributed by atoms with Crippen LogP contribution in [0.25, 0.3) is 0 Å². The molecule has 2 N–H and O–H groups in total. The van der Waals surface area contributed by atoms with Crippen molar-refractivity contribution in [3.05, 3.63) is 0 Å². The van der Waals surface area contributed by atoms with Gasteiger partial charge in [-0.05, 0) is 17.4 Å². The normalized spacial score (nSPS) is 12.6. The Morgan fingerprint density at radius 1 is 1.43 bits per heavy atom. The molecule has 0 saturated carbocycles. The van der Waals surface area contributed by atoms with Gasteiger partial charge in [-0.25, -0.2) is 4.79 Å². The first kappa shape index (κ1) is 13.3. The highest BCUT2D eigenvalue weighted by Gasteiger charge is 2.17. The second kappa shape index (κ2) is 6.70. The molecule has 0 radical (unpaired) electrons. The minimum absolute atomic E-state index is 0.299. The number of carbonyl (C=O) groups is 2. The first-order chi connectivity index (χ1) is 6.43. The summed E-state index contributed by atoms with van der Waals surface area (Å²) >= 11 is 1.69. The van der Waals surface area contributed by atoms with E-state index in [1.54, 1.807) is 11.8 Å². The molecule has 0 saturated heterocycles. The molecule has 0 aliphatic rings. The van der Waals surface area contributed by atoms with E-state index in [9.17, 15) is 9.59 Å². The van der Waals surface area contributed by atoms with Gasteiger partial charge >= 0.3 is 5.97 Å². The van der Waals surface area contributed by atoms with Crippen LogP contribution in [0, 0.1) is 0 Å². The summed E-state index contributed by atoms with van der Waals surface area (Å²) in [7, 11) is 0. The Morgan fingerprint density at radius 3 is 2.36 bits per heavy atom. The third-order valence-electron chi connectivity index (χ3n) is 1.53. The number of carboxylic acids is 1. The summed E-state index contributed by atoms with van der Waals surface area (Å²) in [6.45, 7) is 5.43. The van der Waals surface area contributed by atoms with Crippen LogP contribution >= 0.6 is 11.8 Å². The molecule has 82 valence electrons. The van der Waals surface area contributed by atoms with Crippen molar-refractivity contribution >= 4 is 23.6 Å². The van der Waals surface area contributed by atoms with E-state index in [0.717, 1.165) is 5.75 Å². The Morgan fingerprint density at radius 2 is 2.00 bits per heavy atom. The maximum absolute atomic E-state index is 10.7. The van der Waals surface area contributed by atoms with E-state index in [0.29, 0.717) is 11.7 Å². The number of carboxylic acid groups (broad SMARTS) is 1. The molecule has 0 heterocycles. The number of hydrogen-bond donors (Lipinski definition) is 2. The van der Waals surface area contributed by atoms with Crippen LogP contribution in [-0.2, 0) is 9.59 Å². The predicted molar refractivity (Wildman–Crippen MR) is 57.5 cm³/mol. The fraction of sp³-hybridized carbons (Fsp3) is 0.778. The Kier molecular flexibility index (Phi) is 6.36. The van der Waals surface area contributed by atoms with Crippen molar-refractivity contribution in [2.45, 2.75) is 38.5 Å². The Labute approximate surface area is 88.4 Å². The number of hydrogen-bond acceptors (Lipinski definition) is 3. The molecule has 4 nitrogen and oxygen atoms in total. The first-order valence-corrected chi connectivity index (χ1v) is 5.60. The van der Waals surface area contributed by atoms with Gasteiger partial charge in [0.2, 0.25) is 5.91 Å². The molecule has 0 rings (SSSR count). The molecule has 1 unspecified atom stereocenters. The van der Waals surface area contributed by atoms with Crippen LogP contribution in [-0.4, -0.2) is 34.0 Å². The lowest BCUT2D eigenvalue weighted by atomic mass is 10.2. The average molecular weight is 219 g/mol. The van der Waals surface area contributed by atoms with E-state index >= 15 is 0 Å². The molecule has 14 heavy (non-hydrogen) atoms. The number of thioether (sulfide) groups is 1. The van der Waals surface area contributed by atoms with Crippen LogP contribution in [0.5, 0.6) is 0 Å². The van der Waals surface area contributed by atoms with Crippen LogP contribution in [0.3, 0.4) is 0 Å². The largest absolute Gasteiger partial charge is 0.480 e. The molecule has 0 aromatic heterocycles. The van der Waals surface area contributed by atoms with E-state index < -0.39 is 12.0 Å². The highest BCUT2D eigenvalue weighted by molar-refractivity contribution is 7.99. The summed E-state index contributed by atoms with van der Waals surface area (Å²) in [5.74, 6) is -0.522. The molecule has 0 bridgehead atoms. The van der Waals surface area contributed by atoms with Crippen molar-refractivity contribution in [3.63, 3.8) is 0 Å². The fourth-order valence-electron chi connectivity index (χ4n) is 0.924. The first-order valence-electron chi connectivity index (χ1n) is 4.55. The quantitative estimate of drug-likeness (QED) is 0.702. The molecule has 0 aliphatic heterocycles. The van der Waals surface area contributed by atoms with Gasteiger partial charge in [0.1, 0.15) is 6.04 Å². The average Bonchev–Trinajstić information content (AvgIpc) is 2.00. The van der Waals surface area contributed by atoms with Crippen LogP contribution in [0.4, 0.5) is 0 Å². The van der Waals surface area contributed by atoms with Crippen molar-refractivity contribution in [2.24, 2.45) is 0 Å². The lowest BCUT2D eigenvalue weighted by Gasteiger charge is -2.13. The zero-order valence-corrected chi connectivity index (χ0v) is 9.56. The van der Waals surface area contributed by atoms with Crippen LogP contribution in [0.15, 0.2) is 0 Å². The second-order valence-electron chi connectivity index (χ2n) is 3.30. The zero-order valence-electron chi connectivity index (χ0n) is 8.74. The number of carbonyl (C=O) groups excluding carboxylic acids is 1. The van der Waals surface area contributed by atoms with E-state index in [1.165, 1.54) is 6.92 Å². The third kappa shape index (κ3) is 6.77. The molecule has 0 aromatic carbocycles. The van der Waals surface area contributed by atoms with Gasteiger partial charge in [0.25, 0.3) is 0 Å². The van der Waals surface area contributed by atoms with Gasteiger partial charge in [0.15, 0.2) is 0 Å². The number of aliphatic carboxylic acids is 1. The Balaban J connectivity index is 3.86. The van der Waals surface area contributed by atoms with E-state index in [-0.39, 0.29) is 5.91 Å². The van der Waals surface area contributed by atoms with Crippen LogP contribution in [0.2, 0.25) is 0 Å². The molecule has 0 aliphatic carbocycles. The fourth-order valence-corrected chi connectivity index (χ4v) is 1.77. The van der Waals surface area contributed by atoms with Crippen molar-refractivity contribution in [1.82, 2.24) is 5.32 Å². The van der Waals surface area contributed by atoms with Gasteiger partial charge < -0.3 is 10.4 Å². The van der Waals surface area contributed by atoms with Crippen LogP contribution in [0.1, 0.15) is 27.2 Å². The maximum atomic E-state index is 10.7. The summed E-state index contributed by atoms with van der Waals surface area (Å²) in [5.41, 5.74) is 0. The molecule has 1 atom stereocenters. The summed E-state index contributed by atoms with van der Waals surface area (Å²) in [4.78, 5) is 21.4. The standard InChI is InChI=1S/C9H17NO3S/c1-6(2)14-5-4-8(9(12)13)10-7(3)11/h6,8H,4-5H2,1-3H3,(H,10,11)(H,12,13). The Bertz CT molecular complexity index is 206. The van der Waals surface area contributed by atoms with Gasteiger partial charge in [-0.1, -0.05) is 13.8 Å². The summed E-state index contributed by atoms with van der Waals surface area (Å²) in [5, 5.41) is 11.7. The molecular formula is C9H17NO3S. The summed E-state index contributed by atoms with van der Waals surface area (Å²) in [6, 6.07) is -0.751. The van der Waals surface area contributed by atoms with Gasteiger partial charge in [-0.15, -0.1) is 0 Å². The predicted octanol–water partition coefficient (Wildman–Crippen LogP) is 1.11. The molecule has 0 aromatic rings. The summed E-state index contributed by atoms with van der Waals surface area (Å²) < 4.78 is 0. The maximum Gasteiger partial charge on any atom is 0.326 e. The smallest absolute Gasteiger partial charge is 0.326 e. The van der Waals surface area contributed by atoms with Crippen molar-refractivity contribution < 1.29 is 14.7 Å². The molecular weight excluding hydrogens is 202 g/mol. The molecule has 1 amide bonds. The highest BCUT2D eigenvalue weighted by atomic mass is 32.2. The second-order valence-corrected chi connectivity index (χ2v) is 4.98. The number of rotatable bonds is 6. The third-order valence-corrected chi connectivity index (χ3v) is 2.67. The van der Waals surface area contributed by atoms with Crippen molar-refractivity contribution in [3.8, 4) is 0 Å². The molecule has 0 fully saturated rings. The molecule has 5 heteroatoms. The van der Waals surface area contributed by atoms with E-state index in [2.05, 4.69) is 19.2 Å². The number of amides is 1. The molecule has 0 spiro atoms. The monoisotopic (exact) mass is 219 g/mol. The SMILES string of the molecule is CC(=O)NC(CCSC(C)C)C(=O)O. The Hall–Kier alpha value is -0.710.